The Morgan fingerprint density at radius 2 is 1.73 bits per heavy atom. The Labute approximate surface area is 136 Å². The number of halogens is 1. The number of ether oxygens (including phenoxy) is 1. The molecule has 0 aliphatic heterocycles. The molecule has 0 saturated heterocycles. The predicted octanol–water partition coefficient (Wildman–Crippen LogP) is 4.41. The molecule has 0 atom stereocenters. The van der Waals surface area contributed by atoms with Crippen LogP contribution < -0.4 is 4.74 Å². The number of benzene rings is 2. The number of hydrogen-bond donors (Lipinski definition) is 0. The minimum atomic E-state index is 0.774. The fraction of sp³-hybridized carbons (Fsp3) is 0.333. The van der Waals surface area contributed by atoms with E-state index in [1.54, 1.807) is 7.11 Å². The van der Waals surface area contributed by atoms with Gasteiger partial charge in [-0.15, -0.1) is 0 Å². The molecule has 0 saturated carbocycles. The number of aromatic nitrogens is 1. The molecule has 0 spiro atoms. The van der Waals surface area contributed by atoms with Crippen molar-refractivity contribution in [2.75, 3.05) is 27.7 Å². The Morgan fingerprint density at radius 1 is 1.05 bits per heavy atom. The number of fused-ring (bicyclic) bond motifs is 3. The van der Waals surface area contributed by atoms with E-state index in [0.717, 1.165) is 30.3 Å². The molecule has 3 aromatic rings. The normalized spacial score (nSPS) is 11.7. The van der Waals surface area contributed by atoms with Crippen LogP contribution >= 0.6 is 11.6 Å². The highest BCUT2D eigenvalue weighted by Gasteiger charge is 2.12. The number of rotatable bonds is 5. The Bertz CT molecular complexity index is 808. The van der Waals surface area contributed by atoms with Gasteiger partial charge in [-0.1, -0.05) is 17.7 Å². The predicted molar refractivity (Wildman–Crippen MR) is 94.2 cm³/mol. The van der Waals surface area contributed by atoms with E-state index in [1.165, 1.54) is 21.8 Å². The molecule has 22 heavy (non-hydrogen) atoms. The smallest absolute Gasteiger partial charge is 0.120 e. The molecule has 1 aromatic heterocycles. The first kappa shape index (κ1) is 15.2. The quantitative estimate of drug-likeness (QED) is 0.694. The molecule has 2 aromatic carbocycles. The van der Waals surface area contributed by atoms with E-state index in [1.807, 2.05) is 12.1 Å². The molecule has 116 valence electrons. The highest BCUT2D eigenvalue weighted by molar-refractivity contribution is 6.31. The molecule has 0 aliphatic rings. The van der Waals surface area contributed by atoms with E-state index in [0.29, 0.717) is 0 Å². The van der Waals surface area contributed by atoms with Gasteiger partial charge in [0.2, 0.25) is 0 Å². The zero-order valence-corrected chi connectivity index (χ0v) is 14.0. The summed E-state index contributed by atoms with van der Waals surface area (Å²) in [4.78, 5) is 2.21. The van der Waals surface area contributed by atoms with E-state index in [2.05, 4.69) is 47.8 Å². The first-order valence-electron chi connectivity index (χ1n) is 7.50. The third-order valence-corrected chi connectivity index (χ3v) is 4.26. The average Bonchev–Trinajstić information content (AvgIpc) is 2.79. The Morgan fingerprint density at radius 3 is 2.41 bits per heavy atom. The van der Waals surface area contributed by atoms with Crippen molar-refractivity contribution in [1.82, 2.24) is 9.47 Å². The van der Waals surface area contributed by atoms with Crippen molar-refractivity contribution in [2.45, 2.75) is 13.0 Å². The topological polar surface area (TPSA) is 17.4 Å². The number of methoxy groups -OCH3 is 1. The molecular formula is C18H21ClN2O. The standard InChI is InChI=1S/C18H21ClN2O/c1-20(2)9-4-10-21-17-11-13(19)5-7-15(17)16-8-6-14(22-3)12-18(16)21/h5-8,11-12H,4,9-10H2,1-3H3. The maximum absolute atomic E-state index is 6.22. The van der Waals surface area contributed by atoms with Crippen LogP contribution in [0.25, 0.3) is 21.8 Å². The van der Waals surface area contributed by atoms with Crippen LogP contribution in [0, 0.1) is 0 Å². The van der Waals surface area contributed by atoms with Crippen molar-refractivity contribution >= 4 is 33.4 Å². The minimum Gasteiger partial charge on any atom is -0.497 e. The SMILES string of the molecule is COc1ccc2c3ccc(Cl)cc3n(CCCN(C)C)c2c1. The number of hydrogen-bond acceptors (Lipinski definition) is 2. The van der Waals surface area contributed by atoms with Crippen LogP contribution in [0.15, 0.2) is 36.4 Å². The van der Waals surface area contributed by atoms with Gasteiger partial charge < -0.3 is 14.2 Å². The molecule has 0 N–H and O–H groups in total. The summed E-state index contributed by atoms with van der Waals surface area (Å²) < 4.78 is 7.74. The summed E-state index contributed by atoms with van der Waals surface area (Å²) in [5.41, 5.74) is 2.39. The van der Waals surface area contributed by atoms with Crippen molar-refractivity contribution in [2.24, 2.45) is 0 Å². The zero-order valence-electron chi connectivity index (χ0n) is 13.3. The monoisotopic (exact) mass is 316 g/mol. The highest BCUT2D eigenvalue weighted by Crippen LogP contribution is 2.33. The van der Waals surface area contributed by atoms with Crippen molar-refractivity contribution in [3.05, 3.63) is 41.4 Å². The van der Waals surface area contributed by atoms with Crippen molar-refractivity contribution in [1.29, 1.82) is 0 Å². The van der Waals surface area contributed by atoms with Gasteiger partial charge in [-0.25, -0.2) is 0 Å². The lowest BCUT2D eigenvalue weighted by atomic mass is 10.1. The molecule has 3 nitrogen and oxygen atoms in total. The molecule has 0 amide bonds. The molecular weight excluding hydrogens is 296 g/mol. The average molecular weight is 317 g/mol. The largest absolute Gasteiger partial charge is 0.497 e. The lowest BCUT2D eigenvalue weighted by Crippen LogP contribution is -2.15. The molecule has 0 bridgehead atoms. The molecule has 3 rings (SSSR count). The third-order valence-electron chi connectivity index (χ3n) is 4.02. The van der Waals surface area contributed by atoms with Crippen molar-refractivity contribution in [3.8, 4) is 5.75 Å². The maximum Gasteiger partial charge on any atom is 0.120 e. The van der Waals surface area contributed by atoms with E-state index >= 15 is 0 Å². The summed E-state index contributed by atoms with van der Waals surface area (Å²) >= 11 is 6.22. The first-order chi connectivity index (χ1) is 10.6. The van der Waals surface area contributed by atoms with Crippen molar-refractivity contribution in [3.63, 3.8) is 0 Å². The van der Waals surface area contributed by atoms with Crippen molar-refractivity contribution < 1.29 is 4.74 Å². The van der Waals surface area contributed by atoms with Gasteiger partial charge >= 0.3 is 0 Å². The summed E-state index contributed by atoms with van der Waals surface area (Å²) in [5.74, 6) is 0.885. The first-order valence-corrected chi connectivity index (χ1v) is 7.88. The van der Waals surface area contributed by atoms with Crippen LogP contribution in [0.3, 0.4) is 0 Å². The Kier molecular flexibility index (Phi) is 4.27. The van der Waals surface area contributed by atoms with Gasteiger partial charge in [-0.3, -0.25) is 0 Å². The van der Waals surface area contributed by atoms with Crippen LogP contribution in [0.5, 0.6) is 5.75 Å². The van der Waals surface area contributed by atoms with Crippen LogP contribution in [-0.4, -0.2) is 37.2 Å². The molecule has 0 fully saturated rings. The Hall–Kier alpha value is -1.71. The maximum atomic E-state index is 6.22. The van der Waals surface area contributed by atoms with Gasteiger partial charge in [-0.05, 0) is 51.3 Å². The van der Waals surface area contributed by atoms with Crippen LogP contribution in [-0.2, 0) is 6.54 Å². The molecule has 0 aliphatic carbocycles. The van der Waals surface area contributed by atoms with Gasteiger partial charge in [0.05, 0.1) is 18.1 Å². The van der Waals surface area contributed by atoms with Gasteiger partial charge in [0, 0.05) is 28.4 Å². The highest BCUT2D eigenvalue weighted by atomic mass is 35.5. The Balaban J connectivity index is 2.16. The van der Waals surface area contributed by atoms with E-state index in [4.69, 9.17) is 16.3 Å². The third kappa shape index (κ3) is 2.79. The van der Waals surface area contributed by atoms with E-state index in [9.17, 15) is 0 Å². The van der Waals surface area contributed by atoms with Crippen LogP contribution in [0.4, 0.5) is 0 Å². The lowest BCUT2D eigenvalue weighted by Gasteiger charge is -2.12. The van der Waals surface area contributed by atoms with Crippen LogP contribution in [0.1, 0.15) is 6.42 Å². The second-order valence-corrected chi connectivity index (χ2v) is 6.29. The zero-order chi connectivity index (χ0) is 15.7. The second-order valence-electron chi connectivity index (χ2n) is 5.85. The van der Waals surface area contributed by atoms with E-state index < -0.39 is 0 Å². The van der Waals surface area contributed by atoms with E-state index in [-0.39, 0.29) is 0 Å². The fourth-order valence-corrected chi connectivity index (χ4v) is 3.13. The summed E-state index contributed by atoms with van der Waals surface area (Å²) in [6.07, 6.45) is 1.09. The van der Waals surface area contributed by atoms with Crippen LogP contribution in [0.2, 0.25) is 5.02 Å². The number of aryl methyl sites for hydroxylation is 1. The summed E-state index contributed by atoms with van der Waals surface area (Å²) in [6.45, 7) is 2.03. The van der Waals surface area contributed by atoms with Gasteiger partial charge in [-0.2, -0.15) is 0 Å². The lowest BCUT2D eigenvalue weighted by molar-refractivity contribution is 0.389. The molecule has 4 heteroatoms. The number of nitrogens with zero attached hydrogens (tertiary/aromatic N) is 2. The molecule has 0 radical (unpaired) electrons. The van der Waals surface area contributed by atoms with Gasteiger partial charge in [0.1, 0.15) is 5.75 Å². The molecule has 1 heterocycles. The molecule has 0 unspecified atom stereocenters. The summed E-state index contributed by atoms with van der Waals surface area (Å²) in [7, 11) is 5.91. The summed E-state index contributed by atoms with van der Waals surface area (Å²) in [6, 6.07) is 12.4. The minimum absolute atomic E-state index is 0.774. The fourth-order valence-electron chi connectivity index (χ4n) is 2.96. The van der Waals surface area contributed by atoms with Gasteiger partial charge in [0.25, 0.3) is 0 Å². The second kappa shape index (κ2) is 6.19. The summed E-state index contributed by atoms with van der Waals surface area (Å²) in [5, 5.41) is 3.26. The van der Waals surface area contributed by atoms with Gasteiger partial charge in [0.15, 0.2) is 0 Å².